The molecule has 1 unspecified atom stereocenters. The molecule has 2 aromatic rings. The van der Waals surface area contributed by atoms with Crippen molar-refractivity contribution in [2.24, 2.45) is 0 Å². The van der Waals surface area contributed by atoms with E-state index in [2.05, 4.69) is 0 Å². The smallest absolute Gasteiger partial charge is 0.178 e. The lowest BCUT2D eigenvalue weighted by Gasteiger charge is -2.11. The average molecular weight is 311 g/mol. The monoisotopic (exact) mass is 310 g/mol. The standard InChI is InChI=1S/C15H15ClO3S/c16-13-7-4-8-14(11-13)20(18,19)10-9-15(17)12-5-2-1-3-6-12/h1-8,11,15,17H,9-10H2. The van der Waals surface area contributed by atoms with Crippen LogP contribution in [0.15, 0.2) is 59.5 Å². The van der Waals surface area contributed by atoms with Gasteiger partial charge in [-0.1, -0.05) is 48.0 Å². The fraction of sp³-hybridized carbons (Fsp3) is 0.200. The molecule has 2 rings (SSSR count). The van der Waals surface area contributed by atoms with E-state index in [1.54, 1.807) is 24.3 Å². The molecule has 1 N–H and O–H groups in total. The molecule has 3 nitrogen and oxygen atoms in total. The molecule has 0 amide bonds. The number of aliphatic hydroxyl groups excluding tert-OH is 1. The summed E-state index contributed by atoms with van der Waals surface area (Å²) < 4.78 is 24.3. The highest BCUT2D eigenvalue weighted by atomic mass is 35.5. The normalized spacial score (nSPS) is 13.1. The van der Waals surface area contributed by atoms with E-state index in [0.717, 1.165) is 0 Å². The van der Waals surface area contributed by atoms with Crippen molar-refractivity contribution in [3.63, 3.8) is 0 Å². The highest BCUT2D eigenvalue weighted by molar-refractivity contribution is 7.91. The number of benzene rings is 2. The first kappa shape index (κ1) is 15.0. The van der Waals surface area contributed by atoms with Gasteiger partial charge in [-0.05, 0) is 30.2 Å². The Morgan fingerprint density at radius 1 is 1.05 bits per heavy atom. The Kier molecular flexibility index (Phi) is 4.81. The summed E-state index contributed by atoms with van der Waals surface area (Å²) in [4.78, 5) is 0.185. The van der Waals surface area contributed by atoms with Crippen molar-refractivity contribution in [3.8, 4) is 0 Å². The molecule has 0 bridgehead atoms. The Morgan fingerprint density at radius 2 is 1.75 bits per heavy atom. The molecular formula is C15H15ClO3S. The van der Waals surface area contributed by atoms with Crippen LogP contribution in [0.5, 0.6) is 0 Å². The number of rotatable bonds is 5. The van der Waals surface area contributed by atoms with E-state index in [-0.39, 0.29) is 17.1 Å². The highest BCUT2D eigenvalue weighted by Crippen LogP contribution is 2.21. The molecule has 106 valence electrons. The van der Waals surface area contributed by atoms with Gasteiger partial charge in [0, 0.05) is 5.02 Å². The third kappa shape index (κ3) is 3.82. The Balaban J connectivity index is 2.07. The van der Waals surface area contributed by atoms with E-state index in [4.69, 9.17) is 11.6 Å². The Morgan fingerprint density at radius 3 is 2.40 bits per heavy atom. The maximum absolute atomic E-state index is 12.2. The number of aliphatic hydroxyl groups is 1. The van der Waals surface area contributed by atoms with Crippen LogP contribution < -0.4 is 0 Å². The maximum Gasteiger partial charge on any atom is 0.178 e. The summed E-state index contributed by atoms with van der Waals surface area (Å²) in [6.07, 6.45) is -0.635. The van der Waals surface area contributed by atoms with Crippen LogP contribution in [0.3, 0.4) is 0 Å². The lowest BCUT2D eigenvalue weighted by Crippen LogP contribution is -2.10. The van der Waals surface area contributed by atoms with E-state index in [1.807, 2.05) is 18.2 Å². The second-order valence-corrected chi connectivity index (χ2v) is 7.04. The highest BCUT2D eigenvalue weighted by Gasteiger charge is 2.17. The SMILES string of the molecule is O=S(=O)(CCC(O)c1ccccc1)c1cccc(Cl)c1. The maximum atomic E-state index is 12.2. The third-order valence-electron chi connectivity index (χ3n) is 3.00. The fourth-order valence-electron chi connectivity index (χ4n) is 1.89. The van der Waals surface area contributed by atoms with Crippen molar-refractivity contribution >= 4 is 21.4 Å². The van der Waals surface area contributed by atoms with Crippen LogP contribution in [-0.2, 0) is 9.84 Å². The lowest BCUT2D eigenvalue weighted by molar-refractivity contribution is 0.174. The summed E-state index contributed by atoms with van der Waals surface area (Å²) in [6, 6.07) is 15.2. The van der Waals surface area contributed by atoms with Crippen molar-refractivity contribution in [1.82, 2.24) is 0 Å². The van der Waals surface area contributed by atoms with Gasteiger partial charge in [-0.15, -0.1) is 0 Å². The minimum atomic E-state index is -3.43. The zero-order valence-electron chi connectivity index (χ0n) is 10.7. The molecule has 0 radical (unpaired) electrons. The molecule has 0 saturated heterocycles. The Hall–Kier alpha value is -1.36. The van der Waals surface area contributed by atoms with Gasteiger partial charge in [0.25, 0.3) is 0 Å². The van der Waals surface area contributed by atoms with Crippen molar-refractivity contribution in [2.45, 2.75) is 17.4 Å². The van der Waals surface area contributed by atoms with Gasteiger partial charge in [-0.3, -0.25) is 0 Å². The molecule has 0 fully saturated rings. The number of sulfone groups is 1. The van der Waals surface area contributed by atoms with Gasteiger partial charge in [0.05, 0.1) is 16.8 Å². The number of hydrogen-bond donors (Lipinski definition) is 1. The van der Waals surface area contributed by atoms with Crippen LogP contribution in [0.4, 0.5) is 0 Å². The van der Waals surface area contributed by atoms with Crippen LogP contribution in [0.1, 0.15) is 18.1 Å². The van der Waals surface area contributed by atoms with E-state index >= 15 is 0 Å². The number of halogens is 1. The largest absolute Gasteiger partial charge is 0.388 e. The lowest BCUT2D eigenvalue weighted by atomic mass is 10.1. The van der Waals surface area contributed by atoms with Crippen LogP contribution >= 0.6 is 11.6 Å². The fourth-order valence-corrected chi connectivity index (χ4v) is 3.50. The van der Waals surface area contributed by atoms with Crippen molar-refractivity contribution < 1.29 is 13.5 Å². The molecule has 1 atom stereocenters. The molecule has 0 saturated carbocycles. The van der Waals surface area contributed by atoms with E-state index < -0.39 is 15.9 Å². The van der Waals surface area contributed by atoms with Gasteiger partial charge in [-0.25, -0.2) is 8.42 Å². The van der Waals surface area contributed by atoms with Gasteiger partial charge in [0.1, 0.15) is 0 Å². The minimum Gasteiger partial charge on any atom is -0.388 e. The summed E-state index contributed by atoms with van der Waals surface area (Å²) >= 11 is 5.80. The van der Waals surface area contributed by atoms with Gasteiger partial charge >= 0.3 is 0 Å². The van der Waals surface area contributed by atoms with Crippen molar-refractivity contribution in [2.75, 3.05) is 5.75 Å². The topological polar surface area (TPSA) is 54.4 Å². The molecule has 2 aromatic carbocycles. The first-order chi connectivity index (χ1) is 9.49. The molecule has 0 heterocycles. The van der Waals surface area contributed by atoms with Crippen molar-refractivity contribution in [1.29, 1.82) is 0 Å². The minimum absolute atomic E-state index is 0.122. The molecular weight excluding hydrogens is 296 g/mol. The third-order valence-corrected chi connectivity index (χ3v) is 4.98. The second-order valence-electron chi connectivity index (χ2n) is 4.49. The van der Waals surface area contributed by atoms with Gasteiger partial charge < -0.3 is 5.11 Å². The molecule has 0 aromatic heterocycles. The van der Waals surface area contributed by atoms with Gasteiger partial charge in [0.2, 0.25) is 0 Å². The van der Waals surface area contributed by atoms with E-state index in [0.29, 0.717) is 10.6 Å². The molecule has 20 heavy (non-hydrogen) atoms. The molecule has 0 aliphatic carbocycles. The Bertz CT molecular complexity index is 669. The zero-order chi connectivity index (χ0) is 14.6. The van der Waals surface area contributed by atoms with Crippen LogP contribution in [0.2, 0.25) is 5.02 Å². The quantitative estimate of drug-likeness (QED) is 0.922. The molecule has 0 aliphatic rings. The first-order valence-corrected chi connectivity index (χ1v) is 8.23. The first-order valence-electron chi connectivity index (χ1n) is 6.20. The molecule has 0 aliphatic heterocycles. The summed E-state index contributed by atoms with van der Waals surface area (Å²) in [5.41, 5.74) is 0.716. The number of hydrogen-bond acceptors (Lipinski definition) is 3. The molecule has 5 heteroatoms. The summed E-state index contributed by atoms with van der Waals surface area (Å²) in [5.74, 6) is -0.122. The van der Waals surface area contributed by atoms with E-state index in [1.165, 1.54) is 12.1 Å². The summed E-state index contributed by atoms with van der Waals surface area (Å²) in [6.45, 7) is 0. The van der Waals surface area contributed by atoms with Gasteiger partial charge in [0.15, 0.2) is 9.84 Å². The van der Waals surface area contributed by atoms with Crippen LogP contribution in [0.25, 0.3) is 0 Å². The average Bonchev–Trinajstić information content (AvgIpc) is 2.46. The van der Waals surface area contributed by atoms with Crippen LogP contribution in [0, 0.1) is 0 Å². The van der Waals surface area contributed by atoms with Gasteiger partial charge in [-0.2, -0.15) is 0 Å². The predicted octanol–water partition coefficient (Wildman–Crippen LogP) is 3.24. The predicted molar refractivity (Wildman–Crippen MR) is 79.5 cm³/mol. The van der Waals surface area contributed by atoms with E-state index in [9.17, 15) is 13.5 Å². The summed E-state index contributed by atoms with van der Waals surface area (Å²) in [7, 11) is -3.43. The van der Waals surface area contributed by atoms with Crippen LogP contribution in [-0.4, -0.2) is 19.3 Å². The Labute approximate surface area is 123 Å². The second kappa shape index (κ2) is 6.39. The zero-order valence-corrected chi connectivity index (χ0v) is 12.3. The van der Waals surface area contributed by atoms with Crippen molar-refractivity contribution in [3.05, 3.63) is 65.2 Å². The summed E-state index contributed by atoms with van der Waals surface area (Å²) in [5, 5.41) is 10.4. The molecule has 0 spiro atoms.